The Balaban J connectivity index is 1.41. The van der Waals surface area contributed by atoms with Crippen molar-refractivity contribution in [2.45, 2.75) is 212 Å². The lowest BCUT2D eigenvalue weighted by Crippen LogP contribution is -2.25. The van der Waals surface area contributed by atoms with Gasteiger partial charge in [-0.25, -0.2) is 0 Å². The number of unbranched alkanes of at least 4 members (excludes halogenated alkanes) is 26. The van der Waals surface area contributed by atoms with Gasteiger partial charge in [0.25, 0.3) is 0 Å². The molecule has 0 saturated heterocycles. The van der Waals surface area contributed by atoms with Gasteiger partial charge in [-0.3, -0.25) is 9.59 Å². The molecule has 3 rings (SSSR count). The summed E-state index contributed by atoms with van der Waals surface area (Å²) in [5, 5.41) is 0. The first-order valence-corrected chi connectivity index (χ1v) is 22.0. The van der Waals surface area contributed by atoms with Crippen molar-refractivity contribution in [2.75, 3.05) is 0 Å². The Morgan fingerprint density at radius 1 is 0.426 bits per heavy atom. The summed E-state index contributed by atoms with van der Waals surface area (Å²) in [6, 6.07) is 4.40. The molecule has 0 saturated carbocycles. The summed E-state index contributed by atoms with van der Waals surface area (Å²) >= 11 is 3.29. The standard InChI is InChI=1S/C43H70O2S2/c1-3-5-7-9-11-13-15-17-19-21-23-25-27-29-31-43(32-30-28-26-24-22-20-18-16-14-12-10-8-6-4-2)39-33-37(35-44)46-41(39)42-40(43)34-38(36-45)47-42/h33-36H,3-32H2,1-2H3. The molecule has 0 bridgehead atoms. The van der Waals surface area contributed by atoms with Crippen LogP contribution in [0.15, 0.2) is 12.1 Å². The smallest absolute Gasteiger partial charge is 0.160 e. The first-order valence-electron chi connectivity index (χ1n) is 20.4. The molecule has 1 aliphatic rings. The third-order valence-electron chi connectivity index (χ3n) is 10.9. The van der Waals surface area contributed by atoms with E-state index in [1.807, 2.05) is 0 Å². The van der Waals surface area contributed by atoms with Crippen molar-refractivity contribution in [3.63, 3.8) is 0 Å². The van der Waals surface area contributed by atoms with Crippen molar-refractivity contribution in [1.29, 1.82) is 0 Å². The van der Waals surface area contributed by atoms with E-state index in [1.165, 1.54) is 201 Å². The molecule has 1 aliphatic carbocycles. The molecular formula is C43H70O2S2. The molecule has 2 aromatic heterocycles. The van der Waals surface area contributed by atoms with Gasteiger partial charge in [0, 0.05) is 15.2 Å². The zero-order valence-corrected chi connectivity index (χ0v) is 32.3. The minimum atomic E-state index is -0.0194. The quantitative estimate of drug-likeness (QED) is 0.0568. The summed E-state index contributed by atoms with van der Waals surface area (Å²) in [4.78, 5) is 27.9. The van der Waals surface area contributed by atoms with E-state index in [1.54, 1.807) is 22.7 Å². The fraction of sp³-hybridized carbons (Fsp3) is 0.767. The van der Waals surface area contributed by atoms with Crippen LogP contribution in [-0.2, 0) is 5.41 Å². The summed E-state index contributed by atoms with van der Waals surface area (Å²) in [5.74, 6) is 0. The molecule has 0 unspecified atom stereocenters. The van der Waals surface area contributed by atoms with Crippen LogP contribution < -0.4 is 0 Å². The van der Waals surface area contributed by atoms with Gasteiger partial charge in [0.15, 0.2) is 12.6 Å². The molecule has 0 N–H and O–H groups in total. The minimum absolute atomic E-state index is 0.0194. The van der Waals surface area contributed by atoms with E-state index in [-0.39, 0.29) is 5.41 Å². The van der Waals surface area contributed by atoms with Crippen LogP contribution in [-0.4, -0.2) is 12.6 Å². The first kappa shape index (κ1) is 40.2. The summed E-state index contributed by atoms with van der Waals surface area (Å²) in [6.07, 6.45) is 42.9. The Kier molecular flexibility index (Phi) is 21.2. The lowest BCUT2D eigenvalue weighted by atomic mass is 9.71. The topological polar surface area (TPSA) is 34.1 Å². The van der Waals surface area contributed by atoms with Crippen molar-refractivity contribution >= 4 is 35.2 Å². The van der Waals surface area contributed by atoms with Crippen LogP contribution in [0.2, 0.25) is 0 Å². The van der Waals surface area contributed by atoms with Crippen molar-refractivity contribution in [1.82, 2.24) is 0 Å². The highest BCUT2D eigenvalue weighted by atomic mass is 32.1. The van der Waals surface area contributed by atoms with E-state index >= 15 is 0 Å². The van der Waals surface area contributed by atoms with Gasteiger partial charge in [-0.15, -0.1) is 22.7 Å². The Morgan fingerprint density at radius 2 is 0.681 bits per heavy atom. The average Bonchev–Trinajstić information content (AvgIpc) is 3.77. The zero-order valence-electron chi connectivity index (χ0n) is 30.7. The molecule has 2 aromatic rings. The average molecular weight is 683 g/mol. The third kappa shape index (κ3) is 13.9. The lowest BCUT2D eigenvalue weighted by molar-refractivity contribution is 0.111. The normalized spacial score (nSPS) is 13.2. The molecule has 266 valence electrons. The second-order valence-corrected chi connectivity index (χ2v) is 17.0. The molecule has 2 nitrogen and oxygen atoms in total. The zero-order chi connectivity index (χ0) is 33.4. The van der Waals surface area contributed by atoms with Crippen LogP contribution in [0, 0.1) is 0 Å². The molecule has 0 atom stereocenters. The minimum Gasteiger partial charge on any atom is -0.297 e. The van der Waals surface area contributed by atoms with Gasteiger partial charge >= 0.3 is 0 Å². The van der Waals surface area contributed by atoms with E-state index in [0.29, 0.717) is 0 Å². The molecule has 0 amide bonds. The van der Waals surface area contributed by atoms with E-state index < -0.39 is 0 Å². The van der Waals surface area contributed by atoms with Gasteiger partial charge in [-0.1, -0.05) is 194 Å². The van der Waals surface area contributed by atoms with Gasteiger partial charge in [-0.2, -0.15) is 0 Å². The highest BCUT2D eigenvalue weighted by molar-refractivity contribution is 7.24. The Morgan fingerprint density at radius 3 is 0.936 bits per heavy atom. The van der Waals surface area contributed by atoms with Crippen LogP contribution >= 0.6 is 22.7 Å². The fourth-order valence-electron chi connectivity index (χ4n) is 8.04. The van der Waals surface area contributed by atoms with Crippen molar-refractivity contribution in [3.05, 3.63) is 33.0 Å². The van der Waals surface area contributed by atoms with Gasteiger partial charge < -0.3 is 0 Å². The highest BCUT2D eigenvalue weighted by Gasteiger charge is 2.45. The lowest BCUT2D eigenvalue weighted by Gasteiger charge is -2.31. The largest absolute Gasteiger partial charge is 0.297 e. The number of carbonyl (C=O) groups is 2. The Hall–Kier alpha value is -1.26. The maximum absolute atomic E-state index is 11.8. The number of fused-ring (bicyclic) bond motifs is 3. The van der Waals surface area contributed by atoms with Crippen LogP contribution in [0.5, 0.6) is 0 Å². The van der Waals surface area contributed by atoms with Gasteiger partial charge in [0.1, 0.15) is 0 Å². The molecule has 0 radical (unpaired) electrons. The van der Waals surface area contributed by atoms with Crippen LogP contribution in [0.25, 0.3) is 9.75 Å². The Labute approximate surface area is 298 Å². The molecule has 47 heavy (non-hydrogen) atoms. The van der Waals surface area contributed by atoms with Crippen LogP contribution in [0.4, 0.5) is 0 Å². The monoisotopic (exact) mass is 682 g/mol. The van der Waals surface area contributed by atoms with Crippen molar-refractivity contribution in [3.8, 4) is 9.75 Å². The second kappa shape index (κ2) is 24.8. The highest BCUT2D eigenvalue weighted by Crippen LogP contribution is 2.59. The first-order chi connectivity index (χ1) is 23.2. The molecular weight excluding hydrogens is 613 g/mol. The predicted octanol–water partition coefficient (Wildman–Crippen LogP) is 15.4. The number of hydrogen-bond donors (Lipinski definition) is 0. The maximum atomic E-state index is 11.8. The number of rotatable bonds is 32. The molecule has 0 aromatic carbocycles. The van der Waals surface area contributed by atoms with Crippen molar-refractivity contribution < 1.29 is 9.59 Å². The maximum Gasteiger partial charge on any atom is 0.160 e. The van der Waals surface area contributed by atoms with Gasteiger partial charge in [0.2, 0.25) is 0 Å². The SMILES string of the molecule is CCCCCCCCCCCCCCCCC1(CCCCCCCCCCCCCCCC)c2cc(C=O)sc2-c2sc(C=O)cc21. The van der Waals surface area contributed by atoms with E-state index in [9.17, 15) is 9.59 Å². The van der Waals surface area contributed by atoms with Crippen LogP contribution in [0.3, 0.4) is 0 Å². The number of hydrogen-bond acceptors (Lipinski definition) is 4. The predicted molar refractivity (Wildman–Crippen MR) is 209 cm³/mol. The Bertz CT molecular complexity index is 1010. The molecule has 0 spiro atoms. The summed E-state index contributed by atoms with van der Waals surface area (Å²) in [6.45, 7) is 4.59. The summed E-state index contributed by atoms with van der Waals surface area (Å²) in [5.41, 5.74) is 2.77. The molecule has 4 heteroatoms. The third-order valence-corrected chi connectivity index (χ3v) is 13.2. The fourth-order valence-corrected chi connectivity index (χ4v) is 10.3. The molecule has 0 aliphatic heterocycles. The van der Waals surface area contributed by atoms with Gasteiger partial charge in [0.05, 0.1) is 9.75 Å². The van der Waals surface area contributed by atoms with E-state index in [4.69, 9.17) is 0 Å². The summed E-state index contributed by atoms with van der Waals surface area (Å²) < 4.78 is 0. The van der Waals surface area contributed by atoms with E-state index in [2.05, 4.69) is 26.0 Å². The number of aldehydes is 2. The van der Waals surface area contributed by atoms with Crippen LogP contribution in [0.1, 0.15) is 237 Å². The van der Waals surface area contributed by atoms with E-state index in [0.717, 1.165) is 35.2 Å². The molecule has 0 fully saturated rings. The summed E-state index contributed by atoms with van der Waals surface area (Å²) in [7, 11) is 0. The number of thiophene rings is 2. The molecule has 2 heterocycles. The second-order valence-electron chi connectivity index (χ2n) is 14.8. The number of carbonyl (C=O) groups excluding carboxylic acids is 2. The van der Waals surface area contributed by atoms with Gasteiger partial charge in [-0.05, 0) is 36.1 Å². The van der Waals surface area contributed by atoms with Crippen molar-refractivity contribution in [2.24, 2.45) is 0 Å².